The highest BCUT2D eigenvalue weighted by Gasteiger charge is 2.22. The van der Waals surface area contributed by atoms with Gasteiger partial charge in [-0.3, -0.25) is 9.59 Å². The van der Waals surface area contributed by atoms with Crippen LogP contribution < -0.4 is 16.0 Å². The Morgan fingerprint density at radius 2 is 1.90 bits per heavy atom. The highest BCUT2D eigenvalue weighted by Crippen LogP contribution is 2.20. The second-order valence-electron chi connectivity index (χ2n) is 7.54. The molecule has 0 bridgehead atoms. The van der Waals surface area contributed by atoms with Crippen molar-refractivity contribution >= 4 is 40.9 Å². The normalized spacial score (nSPS) is 18.4. The molecule has 4 rings (SSSR count). The van der Waals surface area contributed by atoms with Crippen LogP contribution in [0.5, 0.6) is 0 Å². The Bertz CT molecular complexity index is 983. The highest BCUT2D eigenvalue weighted by atomic mass is 35.5. The van der Waals surface area contributed by atoms with Gasteiger partial charge in [-0.25, -0.2) is 0 Å². The standard InChI is InChI=1S/C23H25N3O3.ClH/c1-15-19(6-4-12-24-15)26-22(27)13-16-8-10-18(11-9-16)25-23(28)21-14-17-5-2-3-7-20(17)29-21;/h2-3,5,7-11,14-15,19,24H,4,6,12-13H2,1H3,(H,25,28)(H,26,27);1H. The molecule has 1 saturated heterocycles. The topological polar surface area (TPSA) is 83.4 Å². The first-order valence-electron chi connectivity index (χ1n) is 10.00. The number of furan rings is 1. The van der Waals surface area contributed by atoms with Crippen LogP contribution in [0, 0.1) is 0 Å². The zero-order valence-corrected chi connectivity index (χ0v) is 17.6. The molecule has 1 aromatic heterocycles. The van der Waals surface area contributed by atoms with Crippen molar-refractivity contribution < 1.29 is 14.0 Å². The summed E-state index contributed by atoms with van der Waals surface area (Å²) in [6.45, 7) is 3.11. The number of carbonyl (C=O) groups excluding carboxylic acids is 2. The first kappa shape index (κ1) is 21.9. The Hall–Kier alpha value is -2.83. The molecule has 1 aliphatic heterocycles. The van der Waals surface area contributed by atoms with Crippen molar-refractivity contribution in [3.8, 4) is 0 Å². The Kier molecular flexibility index (Phi) is 7.13. The summed E-state index contributed by atoms with van der Waals surface area (Å²) in [6, 6.07) is 17.0. The molecule has 1 fully saturated rings. The van der Waals surface area contributed by atoms with E-state index in [0.29, 0.717) is 23.7 Å². The first-order valence-corrected chi connectivity index (χ1v) is 10.00. The molecule has 0 spiro atoms. The molecule has 30 heavy (non-hydrogen) atoms. The lowest BCUT2D eigenvalue weighted by atomic mass is 9.99. The number of halogens is 1. The molecule has 158 valence electrons. The molecule has 3 N–H and O–H groups in total. The number of piperidine rings is 1. The number of hydrogen-bond acceptors (Lipinski definition) is 4. The number of anilines is 1. The quantitative estimate of drug-likeness (QED) is 0.576. The predicted octanol–water partition coefficient (Wildman–Crippen LogP) is 3.91. The third-order valence-corrected chi connectivity index (χ3v) is 5.33. The first-order chi connectivity index (χ1) is 14.1. The van der Waals surface area contributed by atoms with E-state index in [9.17, 15) is 9.59 Å². The van der Waals surface area contributed by atoms with Crippen LogP contribution in [0.4, 0.5) is 5.69 Å². The van der Waals surface area contributed by atoms with Crippen LogP contribution in [0.1, 0.15) is 35.9 Å². The largest absolute Gasteiger partial charge is 0.451 e. The van der Waals surface area contributed by atoms with E-state index < -0.39 is 0 Å². The Morgan fingerprint density at radius 3 is 2.63 bits per heavy atom. The van der Waals surface area contributed by atoms with Crippen molar-refractivity contribution in [1.82, 2.24) is 10.6 Å². The monoisotopic (exact) mass is 427 g/mol. The van der Waals surface area contributed by atoms with Crippen molar-refractivity contribution in [3.05, 3.63) is 65.9 Å². The average Bonchev–Trinajstić information content (AvgIpc) is 3.16. The van der Waals surface area contributed by atoms with E-state index in [1.54, 1.807) is 18.2 Å². The van der Waals surface area contributed by atoms with Gasteiger partial charge in [0.25, 0.3) is 5.91 Å². The fraction of sp³-hybridized carbons (Fsp3) is 0.304. The van der Waals surface area contributed by atoms with Gasteiger partial charge in [-0.15, -0.1) is 12.4 Å². The smallest absolute Gasteiger partial charge is 0.291 e. The van der Waals surface area contributed by atoms with Crippen LogP contribution in [0.25, 0.3) is 11.0 Å². The molecule has 0 aliphatic carbocycles. The van der Waals surface area contributed by atoms with E-state index in [4.69, 9.17) is 4.42 Å². The number of benzene rings is 2. The third-order valence-electron chi connectivity index (χ3n) is 5.33. The van der Waals surface area contributed by atoms with E-state index in [2.05, 4.69) is 22.9 Å². The van der Waals surface area contributed by atoms with Crippen LogP contribution in [-0.4, -0.2) is 30.4 Å². The van der Waals surface area contributed by atoms with Crippen molar-refractivity contribution in [1.29, 1.82) is 0 Å². The average molecular weight is 428 g/mol. The van der Waals surface area contributed by atoms with Crippen molar-refractivity contribution in [2.24, 2.45) is 0 Å². The number of para-hydroxylation sites is 1. The lowest BCUT2D eigenvalue weighted by Crippen LogP contribution is -2.52. The second kappa shape index (κ2) is 9.78. The van der Waals surface area contributed by atoms with Gasteiger partial charge in [-0.2, -0.15) is 0 Å². The maximum Gasteiger partial charge on any atom is 0.291 e. The van der Waals surface area contributed by atoms with Crippen LogP contribution in [-0.2, 0) is 11.2 Å². The molecule has 7 heteroatoms. The summed E-state index contributed by atoms with van der Waals surface area (Å²) in [7, 11) is 0. The van der Waals surface area contributed by atoms with E-state index >= 15 is 0 Å². The van der Waals surface area contributed by atoms with Gasteiger partial charge in [0.15, 0.2) is 5.76 Å². The van der Waals surface area contributed by atoms with Crippen molar-refractivity contribution in [3.63, 3.8) is 0 Å². The molecule has 3 aromatic rings. The third kappa shape index (κ3) is 5.20. The molecule has 0 radical (unpaired) electrons. The zero-order chi connectivity index (χ0) is 20.2. The van der Waals surface area contributed by atoms with Crippen LogP contribution in [0.3, 0.4) is 0 Å². The summed E-state index contributed by atoms with van der Waals surface area (Å²) < 4.78 is 5.59. The van der Waals surface area contributed by atoms with Gasteiger partial charge in [0, 0.05) is 23.2 Å². The van der Waals surface area contributed by atoms with Crippen molar-refractivity contribution in [2.75, 3.05) is 11.9 Å². The van der Waals surface area contributed by atoms with Gasteiger partial charge in [0.2, 0.25) is 5.91 Å². The molecular formula is C23H26ClN3O3. The van der Waals surface area contributed by atoms with E-state index in [0.717, 1.165) is 30.3 Å². The Morgan fingerprint density at radius 1 is 1.13 bits per heavy atom. The molecule has 2 aromatic carbocycles. The Labute approximate surface area is 181 Å². The molecule has 2 heterocycles. The minimum atomic E-state index is -0.300. The molecule has 1 aliphatic rings. The molecular weight excluding hydrogens is 402 g/mol. The number of amides is 2. The van der Waals surface area contributed by atoms with Gasteiger partial charge >= 0.3 is 0 Å². The van der Waals surface area contributed by atoms with Gasteiger partial charge in [-0.1, -0.05) is 30.3 Å². The van der Waals surface area contributed by atoms with E-state index in [-0.39, 0.29) is 36.0 Å². The Balaban J connectivity index is 0.00000256. The minimum Gasteiger partial charge on any atom is -0.451 e. The SMILES string of the molecule is CC1NCCCC1NC(=O)Cc1ccc(NC(=O)c2cc3ccccc3o2)cc1.Cl. The number of carbonyl (C=O) groups is 2. The van der Waals surface area contributed by atoms with E-state index in [1.807, 2.05) is 36.4 Å². The lowest BCUT2D eigenvalue weighted by Gasteiger charge is -2.30. The number of rotatable bonds is 5. The molecule has 2 atom stereocenters. The number of fused-ring (bicyclic) bond motifs is 1. The van der Waals surface area contributed by atoms with Gasteiger partial charge in [-0.05, 0) is 56.1 Å². The maximum atomic E-state index is 12.4. The van der Waals surface area contributed by atoms with E-state index in [1.165, 1.54) is 0 Å². The zero-order valence-electron chi connectivity index (χ0n) is 16.8. The number of hydrogen-bond donors (Lipinski definition) is 3. The lowest BCUT2D eigenvalue weighted by molar-refractivity contribution is -0.121. The summed E-state index contributed by atoms with van der Waals surface area (Å²) in [4.78, 5) is 24.8. The minimum absolute atomic E-state index is 0. The molecule has 0 saturated carbocycles. The van der Waals surface area contributed by atoms with Crippen LogP contribution in [0.2, 0.25) is 0 Å². The van der Waals surface area contributed by atoms with Crippen molar-refractivity contribution in [2.45, 2.75) is 38.3 Å². The van der Waals surface area contributed by atoms with Gasteiger partial charge in [0.05, 0.1) is 6.42 Å². The maximum absolute atomic E-state index is 12.4. The second-order valence-corrected chi connectivity index (χ2v) is 7.54. The summed E-state index contributed by atoms with van der Waals surface area (Å²) in [5.74, 6) is -0.0139. The summed E-state index contributed by atoms with van der Waals surface area (Å²) in [5.41, 5.74) is 2.24. The van der Waals surface area contributed by atoms with Gasteiger partial charge < -0.3 is 20.4 Å². The summed E-state index contributed by atoms with van der Waals surface area (Å²) >= 11 is 0. The fourth-order valence-electron chi connectivity index (χ4n) is 3.68. The highest BCUT2D eigenvalue weighted by molar-refractivity contribution is 6.04. The fourth-order valence-corrected chi connectivity index (χ4v) is 3.68. The van der Waals surface area contributed by atoms with Crippen LogP contribution >= 0.6 is 12.4 Å². The predicted molar refractivity (Wildman–Crippen MR) is 120 cm³/mol. The molecule has 6 nitrogen and oxygen atoms in total. The number of nitrogens with one attached hydrogen (secondary N) is 3. The van der Waals surface area contributed by atoms with Gasteiger partial charge in [0.1, 0.15) is 5.58 Å². The molecule has 2 unspecified atom stereocenters. The summed E-state index contributed by atoms with van der Waals surface area (Å²) in [5, 5.41) is 10.2. The van der Waals surface area contributed by atoms with Crippen LogP contribution in [0.15, 0.2) is 59.0 Å². The molecule has 2 amide bonds. The summed E-state index contributed by atoms with van der Waals surface area (Å²) in [6.07, 6.45) is 2.41.